The zero-order chi connectivity index (χ0) is 14.9. The SMILES string of the molecule is CCC[C@H]1CC[C@H](/C=C/C#Cc2ccc(OC)cc2)CC1. The maximum Gasteiger partial charge on any atom is 0.118 e. The Balaban J connectivity index is 1.79. The van der Waals surface area contributed by atoms with Gasteiger partial charge in [0.1, 0.15) is 5.75 Å². The van der Waals surface area contributed by atoms with Crippen LogP contribution in [0, 0.1) is 23.7 Å². The number of methoxy groups -OCH3 is 1. The summed E-state index contributed by atoms with van der Waals surface area (Å²) < 4.78 is 5.14. The molecule has 1 heteroatoms. The van der Waals surface area contributed by atoms with Crippen LogP contribution < -0.4 is 4.74 Å². The smallest absolute Gasteiger partial charge is 0.118 e. The monoisotopic (exact) mass is 282 g/mol. The van der Waals surface area contributed by atoms with Crippen LogP contribution >= 0.6 is 0 Å². The summed E-state index contributed by atoms with van der Waals surface area (Å²) in [5.74, 6) is 8.91. The number of benzene rings is 1. The van der Waals surface area contributed by atoms with Crippen molar-refractivity contribution in [3.63, 3.8) is 0 Å². The first-order chi connectivity index (χ1) is 10.3. The average molecular weight is 282 g/mol. The van der Waals surface area contributed by atoms with E-state index in [9.17, 15) is 0 Å². The summed E-state index contributed by atoms with van der Waals surface area (Å²) in [4.78, 5) is 0. The van der Waals surface area contributed by atoms with Gasteiger partial charge < -0.3 is 4.74 Å². The quantitative estimate of drug-likeness (QED) is 0.689. The Hall–Kier alpha value is -1.68. The summed E-state index contributed by atoms with van der Waals surface area (Å²) in [6.45, 7) is 2.29. The highest BCUT2D eigenvalue weighted by Gasteiger charge is 2.18. The lowest BCUT2D eigenvalue weighted by molar-refractivity contribution is 0.294. The fourth-order valence-corrected chi connectivity index (χ4v) is 3.06. The molecule has 1 aromatic carbocycles. The van der Waals surface area contributed by atoms with Gasteiger partial charge in [0, 0.05) is 5.56 Å². The summed E-state index contributed by atoms with van der Waals surface area (Å²) in [7, 11) is 1.68. The lowest BCUT2D eigenvalue weighted by Crippen LogP contribution is -2.12. The van der Waals surface area contributed by atoms with E-state index in [2.05, 4.69) is 24.8 Å². The van der Waals surface area contributed by atoms with Gasteiger partial charge in [0.15, 0.2) is 0 Å². The minimum Gasteiger partial charge on any atom is -0.497 e. The Morgan fingerprint density at radius 3 is 2.48 bits per heavy atom. The summed E-state index contributed by atoms with van der Waals surface area (Å²) >= 11 is 0. The summed E-state index contributed by atoms with van der Waals surface area (Å²) in [5, 5.41) is 0. The molecule has 0 aliphatic heterocycles. The highest BCUT2D eigenvalue weighted by molar-refractivity contribution is 5.40. The topological polar surface area (TPSA) is 9.23 Å². The van der Waals surface area contributed by atoms with Crippen molar-refractivity contribution in [2.45, 2.75) is 45.4 Å². The first-order valence-corrected chi connectivity index (χ1v) is 8.14. The average Bonchev–Trinajstić information content (AvgIpc) is 2.54. The van der Waals surface area contributed by atoms with Gasteiger partial charge in [0.2, 0.25) is 0 Å². The molecule has 1 aliphatic rings. The normalized spacial score (nSPS) is 21.8. The minimum absolute atomic E-state index is 0.739. The Labute approximate surface area is 129 Å². The number of hydrogen-bond acceptors (Lipinski definition) is 1. The fraction of sp³-hybridized carbons (Fsp3) is 0.500. The van der Waals surface area contributed by atoms with Crippen LogP contribution in [0.5, 0.6) is 5.75 Å². The van der Waals surface area contributed by atoms with E-state index in [-0.39, 0.29) is 0 Å². The number of rotatable bonds is 4. The zero-order valence-electron chi connectivity index (χ0n) is 13.3. The molecule has 1 nitrogen and oxygen atoms in total. The van der Waals surface area contributed by atoms with E-state index in [1.807, 2.05) is 30.3 Å². The maximum absolute atomic E-state index is 5.14. The molecule has 0 saturated heterocycles. The first kappa shape index (κ1) is 15.7. The Morgan fingerprint density at radius 2 is 1.86 bits per heavy atom. The van der Waals surface area contributed by atoms with Gasteiger partial charge in [0.25, 0.3) is 0 Å². The molecule has 1 fully saturated rings. The van der Waals surface area contributed by atoms with Gasteiger partial charge >= 0.3 is 0 Å². The molecule has 0 atom stereocenters. The van der Waals surface area contributed by atoms with E-state index in [1.165, 1.54) is 38.5 Å². The molecule has 0 spiro atoms. The molecular formula is C20H26O. The number of hydrogen-bond donors (Lipinski definition) is 0. The molecule has 0 aromatic heterocycles. The molecule has 112 valence electrons. The molecule has 0 heterocycles. The second-order valence-corrected chi connectivity index (χ2v) is 5.93. The van der Waals surface area contributed by atoms with Gasteiger partial charge in [-0.3, -0.25) is 0 Å². The maximum atomic E-state index is 5.14. The van der Waals surface area contributed by atoms with Crippen molar-refractivity contribution < 1.29 is 4.74 Å². The van der Waals surface area contributed by atoms with E-state index >= 15 is 0 Å². The lowest BCUT2D eigenvalue weighted by atomic mass is 9.80. The lowest BCUT2D eigenvalue weighted by Gasteiger charge is -2.26. The van der Waals surface area contributed by atoms with Crippen molar-refractivity contribution >= 4 is 0 Å². The van der Waals surface area contributed by atoms with Crippen LogP contribution in [0.25, 0.3) is 0 Å². The van der Waals surface area contributed by atoms with Gasteiger partial charge in [-0.05, 0) is 67.9 Å². The fourth-order valence-electron chi connectivity index (χ4n) is 3.06. The van der Waals surface area contributed by atoms with Crippen LogP contribution in [0.15, 0.2) is 36.4 Å². The van der Waals surface area contributed by atoms with Gasteiger partial charge in [-0.15, -0.1) is 0 Å². The van der Waals surface area contributed by atoms with Gasteiger partial charge in [0.05, 0.1) is 7.11 Å². The van der Waals surface area contributed by atoms with E-state index in [1.54, 1.807) is 7.11 Å². The van der Waals surface area contributed by atoms with Crippen molar-refractivity contribution in [3.8, 4) is 17.6 Å². The van der Waals surface area contributed by atoms with Crippen molar-refractivity contribution in [2.75, 3.05) is 7.11 Å². The van der Waals surface area contributed by atoms with Crippen LogP contribution in [0.1, 0.15) is 51.0 Å². The number of allylic oxidation sites excluding steroid dienone is 2. The largest absolute Gasteiger partial charge is 0.497 e. The van der Waals surface area contributed by atoms with Crippen LogP contribution in [-0.4, -0.2) is 7.11 Å². The minimum atomic E-state index is 0.739. The second-order valence-electron chi connectivity index (χ2n) is 5.93. The molecule has 21 heavy (non-hydrogen) atoms. The molecule has 0 amide bonds. The third-order valence-electron chi connectivity index (χ3n) is 4.35. The molecule has 0 radical (unpaired) electrons. The highest BCUT2D eigenvalue weighted by atomic mass is 16.5. The van der Waals surface area contributed by atoms with Crippen LogP contribution in [0.3, 0.4) is 0 Å². The van der Waals surface area contributed by atoms with E-state index in [0.717, 1.165) is 23.1 Å². The molecule has 0 unspecified atom stereocenters. The molecule has 0 bridgehead atoms. The van der Waals surface area contributed by atoms with Crippen LogP contribution in [0.4, 0.5) is 0 Å². The Bertz CT molecular complexity index is 493. The molecule has 1 saturated carbocycles. The zero-order valence-corrected chi connectivity index (χ0v) is 13.3. The summed E-state index contributed by atoms with van der Waals surface area (Å²) in [6, 6.07) is 7.89. The highest BCUT2D eigenvalue weighted by Crippen LogP contribution is 2.31. The van der Waals surface area contributed by atoms with Gasteiger partial charge in [-0.25, -0.2) is 0 Å². The molecular weight excluding hydrogens is 256 g/mol. The van der Waals surface area contributed by atoms with Crippen LogP contribution in [-0.2, 0) is 0 Å². The van der Waals surface area contributed by atoms with Crippen molar-refractivity contribution in [3.05, 3.63) is 42.0 Å². The van der Waals surface area contributed by atoms with Crippen molar-refractivity contribution in [2.24, 2.45) is 11.8 Å². The predicted octanol–water partition coefficient (Wildman–Crippen LogP) is 5.21. The van der Waals surface area contributed by atoms with E-state index in [4.69, 9.17) is 4.74 Å². The third-order valence-corrected chi connectivity index (χ3v) is 4.35. The van der Waals surface area contributed by atoms with E-state index < -0.39 is 0 Å². The predicted molar refractivity (Wildman–Crippen MR) is 89.4 cm³/mol. The summed E-state index contributed by atoms with van der Waals surface area (Å²) in [6.07, 6.45) is 12.6. The number of ether oxygens (including phenoxy) is 1. The van der Waals surface area contributed by atoms with Crippen molar-refractivity contribution in [1.29, 1.82) is 0 Å². The van der Waals surface area contributed by atoms with Gasteiger partial charge in [-0.2, -0.15) is 0 Å². The molecule has 2 rings (SSSR count). The third kappa shape index (κ3) is 5.31. The van der Waals surface area contributed by atoms with Gasteiger partial charge in [-0.1, -0.05) is 37.7 Å². The Morgan fingerprint density at radius 1 is 1.14 bits per heavy atom. The second kappa shape index (κ2) is 8.57. The summed E-state index contributed by atoms with van der Waals surface area (Å²) in [5.41, 5.74) is 1.03. The van der Waals surface area contributed by atoms with E-state index in [0.29, 0.717) is 0 Å². The molecule has 1 aromatic rings. The van der Waals surface area contributed by atoms with Crippen molar-refractivity contribution in [1.82, 2.24) is 0 Å². The molecule has 1 aliphatic carbocycles. The van der Waals surface area contributed by atoms with Crippen LogP contribution in [0.2, 0.25) is 0 Å². The Kier molecular flexibility index (Phi) is 6.41. The standard InChI is InChI=1S/C20H26O/c1-3-6-17-9-11-18(12-10-17)7-4-5-8-19-13-15-20(21-2)16-14-19/h4,7,13-18H,3,6,9-12H2,1-2H3/b7-4+/t17-,18-. The molecule has 0 N–H and O–H groups in total. The first-order valence-electron chi connectivity index (χ1n) is 8.14.